The van der Waals surface area contributed by atoms with Crippen LogP contribution >= 0.6 is 0 Å². The lowest BCUT2D eigenvalue weighted by Crippen LogP contribution is -2.47. The van der Waals surface area contributed by atoms with Gasteiger partial charge in [0.2, 0.25) is 5.91 Å². The van der Waals surface area contributed by atoms with Gasteiger partial charge in [-0.05, 0) is 36.6 Å². The maximum atomic E-state index is 13.1. The number of nitrogens with one attached hydrogen (secondary N) is 2. The van der Waals surface area contributed by atoms with Crippen molar-refractivity contribution in [2.45, 2.75) is 26.3 Å². The van der Waals surface area contributed by atoms with Gasteiger partial charge in [0, 0.05) is 11.8 Å². The maximum Gasteiger partial charge on any atom is 0.417 e. The molecule has 0 saturated heterocycles. The van der Waals surface area contributed by atoms with Gasteiger partial charge >= 0.3 is 5.76 Å². The molecule has 4 rings (SSSR count). The van der Waals surface area contributed by atoms with Crippen LogP contribution in [0.15, 0.2) is 51.7 Å². The zero-order chi connectivity index (χ0) is 20.7. The number of oxazole rings is 1. The molecule has 1 aromatic heterocycles. The summed E-state index contributed by atoms with van der Waals surface area (Å²) in [7, 11) is 0. The number of amides is 3. The summed E-state index contributed by atoms with van der Waals surface area (Å²) in [5.74, 6) is -1.95. The van der Waals surface area contributed by atoms with Gasteiger partial charge in [0.05, 0.1) is 16.6 Å². The Kier molecular flexibility index (Phi) is 4.54. The van der Waals surface area contributed by atoms with Crippen molar-refractivity contribution < 1.29 is 18.8 Å². The van der Waals surface area contributed by atoms with Crippen molar-refractivity contribution in [2.75, 3.05) is 5.32 Å². The van der Waals surface area contributed by atoms with Crippen molar-refractivity contribution in [2.24, 2.45) is 5.92 Å². The monoisotopic (exact) mass is 393 g/mol. The molecular weight excluding hydrogens is 374 g/mol. The van der Waals surface area contributed by atoms with Gasteiger partial charge in [0.1, 0.15) is 6.04 Å². The van der Waals surface area contributed by atoms with Crippen molar-refractivity contribution in [3.05, 3.63) is 64.1 Å². The van der Waals surface area contributed by atoms with E-state index in [-0.39, 0.29) is 5.92 Å². The van der Waals surface area contributed by atoms with E-state index in [0.29, 0.717) is 34.3 Å². The molecule has 2 N–H and O–H groups in total. The fourth-order valence-corrected chi connectivity index (χ4v) is 3.52. The summed E-state index contributed by atoms with van der Waals surface area (Å²) in [6, 6.07) is 10.3. The number of imide groups is 1. The maximum absolute atomic E-state index is 13.1. The number of carbonyl (C=O) groups excluding carboxylic acids is 3. The number of fused-ring (bicyclic) bond motifs is 2. The fraction of sp³-hybridized carbons (Fsp3) is 0.238. The standard InChI is InChI=1S/C21H19N3O5/c1-11(2)9-16(24-19(26)13-5-3-4-6-14(13)20(24)27)18(25)22-12-7-8-15-17(10-12)29-21(28)23-15/h3-8,10-11,16H,9H2,1-2H3,(H,22,25)(H,23,28). The van der Waals surface area contributed by atoms with Crippen LogP contribution in [-0.2, 0) is 4.79 Å². The van der Waals surface area contributed by atoms with Crippen molar-refractivity contribution in [1.29, 1.82) is 0 Å². The Balaban J connectivity index is 1.64. The molecule has 8 heteroatoms. The molecule has 1 aliphatic rings. The van der Waals surface area contributed by atoms with E-state index in [0.717, 1.165) is 4.90 Å². The molecule has 8 nitrogen and oxygen atoms in total. The summed E-state index contributed by atoms with van der Waals surface area (Å²) in [6.07, 6.45) is 0.318. The number of carbonyl (C=O) groups is 3. The average molecular weight is 393 g/mol. The van der Waals surface area contributed by atoms with Crippen molar-refractivity contribution in [1.82, 2.24) is 9.88 Å². The van der Waals surface area contributed by atoms with Crippen molar-refractivity contribution in [3.8, 4) is 0 Å². The highest BCUT2D eigenvalue weighted by Gasteiger charge is 2.42. The minimum atomic E-state index is -0.962. The minimum absolute atomic E-state index is 0.0697. The molecule has 0 fully saturated rings. The quantitative estimate of drug-likeness (QED) is 0.647. The smallest absolute Gasteiger partial charge is 0.408 e. The van der Waals surface area contributed by atoms with E-state index >= 15 is 0 Å². The van der Waals surface area contributed by atoms with E-state index in [1.165, 1.54) is 6.07 Å². The Bertz CT molecular complexity index is 1160. The molecule has 1 atom stereocenters. The molecule has 3 amide bonds. The molecule has 0 saturated carbocycles. The summed E-state index contributed by atoms with van der Waals surface area (Å²) in [5.41, 5.74) is 1.81. The third-order valence-electron chi connectivity index (χ3n) is 4.82. The molecule has 2 heterocycles. The van der Waals surface area contributed by atoms with E-state index in [4.69, 9.17) is 4.42 Å². The Hall–Kier alpha value is -3.68. The second-order valence-corrected chi connectivity index (χ2v) is 7.39. The normalized spacial score (nSPS) is 14.5. The second-order valence-electron chi connectivity index (χ2n) is 7.39. The number of hydrogen-bond acceptors (Lipinski definition) is 5. The Morgan fingerprint density at radius 3 is 2.34 bits per heavy atom. The van der Waals surface area contributed by atoms with E-state index in [2.05, 4.69) is 10.3 Å². The first-order valence-corrected chi connectivity index (χ1v) is 9.26. The molecule has 1 unspecified atom stereocenters. The first-order valence-electron chi connectivity index (χ1n) is 9.26. The number of nitrogens with zero attached hydrogens (tertiary/aromatic N) is 1. The highest BCUT2D eigenvalue weighted by atomic mass is 16.4. The third kappa shape index (κ3) is 3.33. The van der Waals surface area contributed by atoms with Crippen LogP contribution in [0.4, 0.5) is 5.69 Å². The van der Waals surface area contributed by atoms with Crippen LogP contribution in [0, 0.1) is 5.92 Å². The average Bonchev–Trinajstić information content (AvgIpc) is 3.16. The number of hydrogen-bond donors (Lipinski definition) is 2. The largest absolute Gasteiger partial charge is 0.417 e. The number of anilines is 1. The lowest BCUT2D eigenvalue weighted by atomic mass is 10.0. The molecule has 0 bridgehead atoms. The van der Waals surface area contributed by atoms with Gasteiger partial charge in [-0.2, -0.15) is 0 Å². The molecule has 148 valence electrons. The van der Waals surface area contributed by atoms with Gasteiger partial charge in [-0.1, -0.05) is 26.0 Å². The van der Waals surface area contributed by atoms with Crippen molar-refractivity contribution >= 4 is 34.5 Å². The number of rotatable bonds is 5. The summed E-state index contributed by atoms with van der Waals surface area (Å²) in [5, 5.41) is 2.73. The number of aromatic nitrogens is 1. The van der Waals surface area contributed by atoms with Crippen LogP contribution in [0.5, 0.6) is 0 Å². The Labute approximate surface area is 165 Å². The minimum Gasteiger partial charge on any atom is -0.408 e. The van der Waals surface area contributed by atoms with Gasteiger partial charge in [-0.3, -0.25) is 24.3 Å². The third-order valence-corrected chi connectivity index (χ3v) is 4.82. The van der Waals surface area contributed by atoms with E-state index in [1.807, 2.05) is 13.8 Å². The first kappa shape index (κ1) is 18.7. The number of H-pyrrole nitrogens is 1. The van der Waals surface area contributed by atoms with Gasteiger partial charge in [-0.25, -0.2) is 4.79 Å². The van der Waals surface area contributed by atoms with Gasteiger partial charge in [0.25, 0.3) is 11.8 Å². The van der Waals surface area contributed by atoms with Gasteiger partial charge in [-0.15, -0.1) is 0 Å². The second kappa shape index (κ2) is 7.05. The molecule has 0 radical (unpaired) electrons. The Morgan fingerprint density at radius 1 is 1.07 bits per heavy atom. The highest BCUT2D eigenvalue weighted by Crippen LogP contribution is 2.28. The SMILES string of the molecule is CC(C)CC(C(=O)Nc1ccc2[nH]c(=O)oc2c1)N1C(=O)c2ccccc2C1=O. The van der Waals surface area contributed by atoms with E-state index in [1.54, 1.807) is 36.4 Å². The van der Waals surface area contributed by atoms with Crippen LogP contribution in [0.25, 0.3) is 11.1 Å². The zero-order valence-electron chi connectivity index (χ0n) is 15.9. The summed E-state index contributed by atoms with van der Waals surface area (Å²) in [4.78, 5) is 53.6. The predicted octanol–water partition coefficient (Wildman–Crippen LogP) is 2.77. The van der Waals surface area contributed by atoms with Gasteiger partial charge < -0.3 is 9.73 Å². The molecule has 29 heavy (non-hydrogen) atoms. The van der Waals surface area contributed by atoms with Crippen LogP contribution in [-0.4, -0.2) is 33.6 Å². The zero-order valence-corrected chi connectivity index (χ0v) is 15.9. The van der Waals surface area contributed by atoms with E-state index in [9.17, 15) is 19.2 Å². The fourth-order valence-electron chi connectivity index (χ4n) is 3.52. The van der Waals surface area contributed by atoms with Crippen LogP contribution < -0.4 is 11.1 Å². The molecule has 3 aromatic rings. The summed E-state index contributed by atoms with van der Waals surface area (Å²) < 4.78 is 5.01. The Morgan fingerprint density at radius 2 is 1.72 bits per heavy atom. The highest BCUT2D eigenvalue weighted by molar-refractivity contribution is 6.23. The molecular formula is C21H19N3O5. The van der Waals surface area contributed by atoms with Gasteiger partial charge in [0.15, 0.2) is 5.58 Å². The predicted molar refractivity (Wildman–Crippen MR) is 106 cm³/mol. The molecule has 2 aromatic carbocycles. The van der Waals surface area contributed by atoms with Crippen LogP contribution in [0.1, 0.15) is 41.0 Å². The first-order chi connectivity index (χ1) is 13.8. The van der Waals surface area contributed by atoms with Crippen molar-refractivity contribution in [3.63, 3.8) is 0 Å². The molecule has 0 aliphatic carbocycles. The van der Waals surface area contributed by atoms with E-state index < -0.39 is 29.5 Å². The van der Waals surface area contributed by atoms with Crippen LogP contribution in [0.3, 0.4) is 0 Å². The topological polar surface area (TPSA) is 112 Å². The lowest BCUT2D eigenvalue weighted by molar-refractivity contribution is -0.120. The number of benzene rings is 2. The molecule has 0 spiro atoms. The summed E-state index contributed by atoms with van der Waals surface area (Å²) >= 11 is 0. The molecule has 1 aliphatic heterocycles. The lowest BCUT2D eigenvalue weighted by Gasteiger charge is -2.26. The number of aromatic amines is 1. The summed E-state index contributed by atoms with van der Waals surface area (Å²) in [6.45, 7) is 3.83. The van der Waals surface area contributed by atoms with Crippen LogP contribution in [0.2, 0.25) is 0 Å².